The second kappa shape index (κ2) is 20.9. The van der Waals surface area contributed by atoms with Crippen LogP contribution in [0.5, 0.6) is 0 Å². The lowest BCUT2D eigenvalue weighted by Gasteiger charge is -2.34. The molecule has 0 spiro atoms. The smallest absolute Gasteiger partial charge is 0.423 e. The van der Waals surface area contributed by atoms with Gasteiger partial charge in [-0.15, -0.1) is 0 Å². The van der Waals surface area contributed by atoms with Gasteiger partial charge in [-0.05, 0) is 116 Å². The summed E-state index contributed by atoms with van der Waals surface area (Å²) in [5.74, 6) is 0. The van der Waals surface area contributed by atoms with Gasteiger partial charge >= 0.3 is 7.12 Å². The number of benzene rings is 12. The van der Waals surface area contributed by atoms with Gasteiger partial charge in [0, 0.05) is 57.8 Å². The Morgan fingerprint density at radius 3 is 1.00 bits per heavy atom. The maximum atomic E-state index is 9.43. The number of para-hydroxylation sites is 6. The van der Waals surface area contributed by atoms with Crippen molar-refractivity contribution in [2.45, 2.75) is 0 Å². The SMILES string of the molecule is OB(O)c1ccc2c(c1)c1ccccc1n2-c1ccccc1.[B].c1ccc(-n2c3ccccc3c3cc(-c4ccc([Si](c5ccccc5)(c5ccccc5)c5ccc6c(c5)c5ccccc5n6-c5ccccc5)cc4)ccc32)cc1. The first-order valence-electron chi connectivity index (χ1n) is 26.9. The van der Waals surface area contributed by atoms with E-state index in [1.54, 1.807) is 6.07 Å². The van der Waals surface area contributed by atoms with Crippen molar-refractivity contribution in [2.24, 2.45) is 0 Å². The molecule has 80 heavy (non-hydrogen) atoms. The standard InChI is InChI=1S/C54H38N2Si.C18H14BNO2.B/c1-5-17-41(18-6-1)55-51-27-15-13-25-47(51)49-37-40(31-35-53(49)55)39-29-32-45(33-30-39)57(43-21-9-3-10-22-43,44-23-11-4-12-24-44)46-34-36-54-50(38-46)48-26-14-16-28-52(48)56(54)42-19-7-2-8-20-42;21-19(22)13-10-11-18-16(12-13)15-8-4-5-9-17(15)20(18)14-6-2-1-3-7-14;/h1-38H;1-12,21-22H;. The van der Waals surface area contributed by atoms with Crippen LogP contribution in [0.1, 0.15) is 0 Å². The highest BCUT2D eigenvalue weighted by Gasteiger charge is 2.42. The topological polar surface area (TPSA) is 55.2 Å². The normalized spacial score (nSPS) is 11.5. The minimum absolute atomic E-state index is 0. The molecule has 2 N–H and O–H groups in total. The Morgan fingerprint density at radius 2 is 0.562 bits per heavy atom. The molecule has 15 rings (SSSR count). The summed E-state index contributed by atoms with van der Waals surface area (Å²) in [5, 5.41) is 31.5. The lowest BCUT2D eigenvalue weighted by molar-refractivity contribution is 0.426. The van der Waals surface area contributed by atoms with E-state index in [0.29, 0.717) is 5.46 Å². The first-order valence-corrected chi connectivity index (χ1v) is 28.9. The van der Waals surface area contributed by atoms with Crippen molar-refractivity contribution in [1.29, 1.82) is 0 Å². The van der Waals surface area contributed by atoms with Gasteiger partial charge in [-0.25, -0.2) is 0 Å². The van der Waals surface area contributed by atoms with E-state index < -0.39 is 15.2 Å². The van der Waals surface area contributed by atoms with Crippen molar-refractivity contribution in [1.82, 2.24) is 13.7 Å². The van der Waals surface area contributed by atoms with Crippen molar-refractivity contribution < 1.29 is 10.0 Å². The minimum Gasteiger partial charge on any atom is -0.423 e. The molecule has 12 aromatic carbocycles. The number of fused-ring (bicyclic) bond motifs is 9. The highest BCUT2D eigenvalue weighted by atomic mass is 28.3. The van der Waals surface area contributed by atoms with Gasteiger partial charge in [0.25, 0.3) is 0 Å². The fraction of sp³-hybridized carbons (Fsp3) is 0. The third-order valence-electron chi connectivity index (χ3n) is 15.9. The summed E-state index contributed by atoms with van der Waals surface area (Å²) in [6.07, 6.45) is 0. The molecular weight excluding hydrogens is 989 g/mol. The van der Waals surface area contributed by atoms with E-state index in [9.17, 15) is 10.0 Å². The second-order valence-corrected chi connectivity index (χ2v) is 24.0. The Kier molecular flexibility index (Phi) is 13.0. The molecule has 0 amide bonds. The van der Waals surface area contributed by atoms with E-state index in [1.165, 1.54) is 86.9 Å². The molecule has 8 heteroatoms. The average molecular weight is 1040 g/mol. The van der Waals surface area contributed by atoms with E-state index in [-0.39, 0.29) is 8.41 Å². The Morgan fingerprint density at radius 1 is 0.250 bits per heavy atom. The number of hydrogen-bond acceptors (Lipinski definition) is 2. The van der Waals surface area contributed by atoms with Crippen molar-refractivity contribution in [2.75, 3.05) is 0 Å². The van der Waals surface area contributed by atoms with Crippen molar-refractivity contribution in [3.05, 3.63) is 303 Å². The van der Waals surface area contributed by atoms with E-state index in [0.717, 1.165) is 27.5 Å². The molecular formula is C72H52B2N3O2Si. The first kappa shape index (κ1) is 49.9. The summed E-state index contributed by atoms with van der Waals surface area (Å²) in [6.45, 7) is 0. The quantitative estimate of drug-likeness (QED) is 0.112. The molecule has 3 aromatic heterocycles. The zero-order chi connectivity index (χ0) is 52.9. The highest BCUT2D eigenvalue weighted by Crippen LogP contribution is 2.36. The van der Waals surface area contributed by atoms with Crippen molar-refractivity contribution in [3.63, 3.8) is 0 Å². The van der Waals surface area contributed by atoms with E-state index >= 15 is 0 Å². The molecule has 0 atom stereocenters. The van der Waals surface area contributed by atoms with Gasteiger partial charge in [0.1, 0.15) is 0 Å². The third-order valence-corrected chi connectivity index (χ3v) is 20.7. The van der Waals surface area contributed by atoms with Gasteiger partial charge in [0.05, 0.1) is 33.1 Å². The molecule has 0 aliphatic rings. The highest BCUT2D eigenvalue weighted by molar-refractivity contribution is 7.20. The lowest BCUT2D eigenvalue weighted by atomic mass is 9.80. The summed E-state index contributed by atoms with van der Waals surface area (Å²) < 4.78 is 6.98. The molecule has 3 radical (unpaired) electrons. The zero-order valence-corrected chi connectivity index (χ0v) is 44.8. The van der Waals surface area contributed by atoms with Crippen LogP contribution in [0.15, 0.2) is 303 Å². The van der Waals surface area contributed by atoms with Crippen LogP contribution < -0.4 is 26.2 Å². The fourth-order valence-corrected chi connectivity index (χ4v) is 17.1. The summed E-state index contributed by atoms with van der Waals surface area (Å²) in [6, 6.07) is 109. The molecule has 0 unspecified atom stereocenters. The number of aromatic nitrogens is 3. The van der Waals surface area contributed by atoms with Crippen LogP contribution in [0.3, 0.4) is 0 Å². The molecule has 0 fully saturated rings. The second-order valence-electron chi connectivity index (χ2n) is 20.2. The third kappa shape index (κ3) is 8.37. The van der Waals surface area contributed by atoms with Crippen LogP contribution in [0.25, 0.3) is 93.6 Å². The molecule has 0 aliphatic carbocycles. The Bertz CT molecular complexity index is 4640. The number of nitrogens with zero attached hydrogens (tertiary/aromatic N) is 3. The molecule has 377 valence electrons. The fourth-order valence-electron chi connectivity index (χ4n) is 12.4. The van der Waals surface area contributed by atoms with Crippen LogP contribution in [-0.4, -0.2) is 47.4 Å². The van der Waals surface area contributed by atoms with Gasteiger partial charge in [-0.2, -0.15) is 0 Å². The summed E-state index contributed by atoms with van der Waals surface area (Å²) in [4.78, 5) is 0. The summed E-state index contributed by atoms with van der Waals surface area (Å²) >= 11 is 0. The summed E-state index contributed by atoms with van der Waals surface area (Å²) in [7, 11) is -4.28. The monoisotopic (exact) mass is 1040 g/mol. The van der Waals surface area contributed by atoms with Gasteiger partial charge in [-0.1, -0.05) is 224 Å². The Labute approximate surface area is 467 Å². The van der Waals surface area contributed by atoms with Crippen LogP contribution in [0.4, 0.5) is 0 Å². The summed E-state index contributed by atoms with van der Waals surface area (Å²) in [5.41, 5.74) is 13.4. The average Bonchev–Trinajstić information content (AvgIpc) is 4.22. The minimum atomic E-state index is -2.83. The molecule has 5 nitrogen and oxygen atoms in total. The van der Waals surface area contributed by atoms with Crippen LogP contribution in [0.2, 0.25) is 0 Å². The molecule has 15 aromatic rings. The molecule has 0 saturated carbocycles. The van der Waals surface area contributed by atoms with Crippen molar-refractivity contribution in [3.8, 4) is 28.2 Å². The van der Waals surface area contributed by atoms with Crippen LogP contribution in [-0.2, 0) is 0 Å². The zero-order valence-electron chi connectivity index (χ0n) is 43.8. The molecule has 3 heterocycles. The number of hydrogen-bond donors (Lipinski definition) is 2. The maximum absolute atomic E-state index is 9.43. The van der Waals surface area contributed by atoms with Crippen LogP contribution in [0, 0.1) is 0 Å². The number of rotatable bonds is 9. The largest absolute Gasteiger partial charge is 0.488 e. The lowest BCUT2D eigenvalue weighted by Crippen LogP contribution is -2.74. The van der Waals surface area contributed by atoms with Gasteiger partial charge < -0.3 is 23.7 Å². The molecule has 0 bridgehead atoms. The van der Waals surface area contributed by atoms with Gasteiger partial charge in [-0.3, -0.25) is 0 Å². The van der Waals surface area contributed by atoms with E-state index in [4.69, 9.17) is 0 Å². The predicted molar refractivity (Wildman–Crippen MR) is 341 cm³/mol. The molecule has 0 aliphatic heterocycles. The van der Waals surface area contributed by atoms with Gasteiger partial charge in [0.2, 0.25) is 0 Å². The van der Waals surface area contributed by atoms with Gasteiger partial charge in [0.15, 0.2) is 8.07 Å². The Hall–Kier alpha value is -9.69. The molecule has 0 saturated heterocycles. The van der Waals surface area contributed by atoms with Crippen LogP contribution >= 0.6 is 0 Å². The maximum Gasteiger partial charge on any atom is 0.488 e. The van der Waals surface area contributed by atoms with E-state index in [1.807, 2.05) is 42.5 Å². The Balaban J connectivity index is 0.000000220. The predicted octanol–water partition coefficient (Wildman–Crippen LogP) is 13.0. The van der Waals surface area contributed by atoms with Crippen molar-refractivity contribution >= 4 is 115 Å². The van der Waals surface area contributed by atoms with E-state index in [2.05, 4.69) is 268 Å². The first-order chi connectivity index (χ1) is 39.0.